The van der Waals surface area contributed by atoms with Gasteiger partial charge in [0.15, 0.2) is 0 Å². The standard InChI is InChI=1S/C44H25NS/c1-2-9-30-26(8-1)18-25-39-42(30)38-24-23-37-33-12-5-6-15-40(33)46-44(37)43(38)45(39)28-19-16-27(17-20-28)29-21-22-36-32-11-4-3-10-31(32)35-14-7-13-34(29)41(35)36/h1-25H. The van der Waals surface area contributed by atoms with Crippen LogP contribution in [0.3, 0.4) is 0 Å². The average Bonchev–Trinajstić information content (AvgIpc) is 3.78. The molecule has 0 atom stereocenters. The molecule has 0 saturated heterocycles. The Morgan fingerprint density at radius 1 is 0.391 bits per heavy atom. The molecule has 46 heavy (non-hydrogen) atoms. The molecule has 2 heterocycles. The molecule has 1 nitrogen and oxygen atoms in total. The van der Waals surface area contributed by atoms with E-state index < -0.39 is 0 Å². The van der Waals surface area contributed by atoms with Gasteiger partial charge in [0.05, 0.1) is 15.7 Å². The zero-order chi connectivity index (χ0) is 29.9. The van der Waals surface area contributed by atoms with Crippen molar-refractivity contribution in [1.29, 1.82) is 0 Å². The molecule has 0 N–H and O–H groups in total. The summed E-state index contributed by atoms with van der Waals surface area (Å²) >= 11 is 1.90. The fourth-order valence-corrected chi connectivity index (χ4v) is 9.41. The number of benzene rings is 8. The Morgan fingerprint density at radius 2 is 1.07 bits per heavy atom. The monoisotopic (exact) mass is 599 g/mol. The number of fused-ring (bicyclic) bond motifs is 12. The summed E-state index contributed by atoms with van der Waals surface area (Å²) in [4.78, 5) is 0. The van der Waals surface area contributed by atoms with Gasteiger partial charge < -0.3 is 4.57 Å². The third kappa shape index (κ3) is 3.14. The predicted molar refractivity (Wildman–Crippen MR) is 199 cm³/mol. The van der Waals surface area contributed by atoms with Crippen molar-refractivity contribution in [1.82, 2.24) is 4.57 Å². The molecular formula is C44H25NS. The van der Waals surface area contributed by atoms with Crippen LogP contribution in [0.4, 0.5) is 0 Å². The topological polar surface area (TPSA) is 4.93 Å². The van der Waals surface area contributed by atoms with Gasteiger partial charge in [0.25, 0.3) is 0 Å². The molecule has 212 valence electrons. The number of aromatic nitrogens is 1. The van der Waals surface area contributed by atoms with Crippen LogP contribution >= 0.6 is 11.3 Å². The lowest BCUT2D eigenvalue weighted by molar-refractivity contribution is 1.19. The highest BCUT2D eigenvalue weighted by Gasteiger charge is 2.23. The van der Waals surface area contributed by atoms with Gasteiger partial charge in [-0.1, -0.05) is 127 Å². The van der Waals surface area contributed by atoms with E-state index in [2.05, 4.69) is 156 Å². The van der Waals surface area contributed by atoms with Gasteiger partial charge in [-0.15, -0.1) is 11.3 Å². The summed E-state index contributed by atoms with van der Waals surface area (Å²) in [7, 11) is 0. The molecule has 2 aromatic heterocycles. The molecule has 2 heteroatoms. The van der Waals surface area contributed by atoms with Crippen LogP contribution in [0, 0.1) is 0 Å². The van der Waals surface area contributed by atoms with Gasteiger partial charge in [0.1, 0.15) is 0 Å². The maximum Gasteiger partial charge on any atom is 0.0719 e. The van der Waals surface area contributed by atoms with E-state index >= 15 is 0 Å². The first-order valence-corrected chi connectivity index (χ1v) is 16.7. The fourth-order valence-electron chi connectivity index (χ4n) is 8.17. The minimum Gasteiger partial charge on any atom is -0.308 e. The van der Waals surface area contributed by atoms with E-state index in [0.717, 1.165) is 0 Å². The zero-order valence-corrected chi connectivity index (χ0v) is 25.6. The summed E-state index contributed by atoms with van der Waals surface area (Å²) in [6, 6.07) is 56.3. The summed E-state index contributed by atoms with van der Waals surface area (Å²) in [5.74, 6) is 0. The number of rotatable bonds is 2. The molecule has 10 aromatic rings. The second-order valence-corrected chi connectivity index (χ2v) is 13.5. The van der Waals surface area contributed by atoms with Crippen LogP contribution in [-0.2, 0) is 0 Å². The van der Waals surface area contributed by atoms with E-state index in [4.69, 9.17) is 0 Å². The summed E-state index contributed by atoms with van der Waals surface area (Å²) in [5.41, 5.74) is 11.6. The molecule has 0 fully saturated rings. The molecule has 11 rings (SSSR count). The molecule has 1 aliphatic rings. The van der Waals surface area contributed by atoms with Gasteiger partial charge >= 0.3 is 0 Å². The molecule has 1 aliphatic carbocycles. The molecule has 0 bridgehead atoms. The van der Waals surface area contributed by atoms with Gasteiger partial charge in [-0.2, -0.15) is 0 Å². The smallest absolute Gasteiger partial charge is 0.0719 e. The Kier molecular flexibility index (Phi) is 4.78. The van der Waals surface area contributed by atoms with Crippen LogP contribution in [0.5, 0.6) is 0 Å². The second-order valence-electron chi connectivity index (χ2n) is 12.4. The van der Waals surface area contributed by atoms with E-state index in [0.29, 0.717) is 0 Å². The van der Waals surface area contributed by atoms with Gasteiger partial charge in [-0.05, 0) is 79.2 Å². The van der Waals surface area contributed by atoms with Crippen molar-refractivity contribution in [3.8, 4) is 39.1 Å². The Labute approximate surface area is 269 Å². The molecule has 0 radical (unpaired) electrons. The van der Waals surface area contributed by atoms with E-state index in [-0.39, 0.29) is 0 Å². The average molecular weight is 600 g/mol. The predicted octanol–water partition coefficient (Wildman–Crippen LogP) is 12.8. The Bertz CT molecular complexity index is 2870. The normalized spacial score (nSPS) is 12.3. The number of hydrogen-bond acceptors (Lipinski definition) is 1. The van der Waals surface area contributed by atoms with Crippen LogP contribution in [0.15, 0.2) is 152 Å². The lowest BCUT2D eigenvalue weighted by atomic mass is 9.94. The van der Waals surface area contributed by atoms with Crippen LogP contribution in [0.1, 0.15) is 0 Å². The van der Waals surface area contributed by atoms with E-state index in [1.165, 1.54) is 103 Å². The molecule has 0 spiro atoms. The van der Waals surface area contributed by atoms with Crippen molar-refractivity contribution < 1.29 is 0 Å². The maximum atomic E-state index is 2.50. The minimum absolute atomic E-state index is 1.18. The zero-order valence-electron chi connectivity index (χ0n) is 24.8. The third-order valence-corrected chi connectivity index (χ3v) is 11.3. The summed E-state index contributed by atoms with van der Waals surface area (Å²) in [6.45, 7) is 0. The van der Waals surface area contributed by atoms with Gasteiger partial charge in [-0.25, -0.2) is 0 Å². The Morgan fingerprint density at radius 3 is 1.93 bits per heavy atom. The lowest BCUT2D eigenvalue weighted by Crippen LogP contribution is -1.94. The summed E-state index contributed by atoms with van der Waals surface area (Å²) < 4.78 is 5.18. The summed E-state index contributed by atoms with van der Waals surface area (Å²) in [5, 5.41) is 10.5. The van der Waals surface area contributed by atoms with Crippen molar-refractivity contribution in [2.45, 2.75) is 0 Å². The molecule has 8 aromatic carbocycles. The number of nitrogens with zero attached hydrogens (tertiary/aromatic N) is 1. The lowest BCUT2D eigenvalue weighted by Gasteiger charge is -2.12. The summed E-state index contributed by atoms with van der Waals surface area (Å²) in [6.07, 6.45) is 0. The van der Waals surface area contributed by atoms with Crippen LogP contribution < -0.4 is 0 Å². The van der Waals surface area contributed by atoms with Gasteiger partial charge in [0, 0.05) is 31.9 Å². The maximum absolute atomic E-state index is 2.50. The quantitative estimate of drug-likeness (QED) is 0.186. The van der Waals surface area contributed by atoms with Crippen molar-refractivity contribution in [3.63, 3.8) is 0 Å². The first kappa shape index (κ1) is 24.6. The SMILES string of the molecule is c1ccc2c(c1)-c1cccc3c(-c4ccc(-n5c6ccc7ccccc7c6c6ccc7c8ccccc8sc7c65)cc4)ccc-2c13. The fraction of sp³-hybridized carbons (Fsp3) is 0. The highest BCUT2D eigenvalue weighted by atomic mass is 32.1. The van der Waals surface area contributed by atoms with Gasteiger partial charge in [-0.3, -0.25) is 0 Å². The van der Waals surface area contributed by atoms with Crippen molar-refractivity contribution >= 4 is 74.9 Å². The highest BCUT2D eigenvalue weighted by Crippen LogP contribution is 2.49. The Balaban J connectivity index is 1.17. The number of thiophene rings is 1. The van der Waals surface area contributed by atoms with Crippen molar-refractivity contribution in [2.75, 3.05) is 0 Å². The third-order valence-electron chi connectivity index (χ3n) is 10.1. The minimum atomic E-state index is 1.18. The first-order valence-electron chi connectivity index (χ1n) is 15.9. The molecule has 0 amide bonds. The molecule has 0 saturated carbocycles. The number of hydrogen-bond donors (Lipinski definition) is 0. The molecular weight excluding hydrogens is 575 g/mol. The van der Waals surface area contributed by atoms with E-state index in [1.54, 1.807) is 0 Å². The van der Waals surface area contributed by atoms with Crippen molar-refractivity contribution in [3.05, 3.63) is 152 Å². The van der Waals surface area contributed by atoms with E-state index in [9.17, 15) is 0 Å². The first-order chi connectivity index (χ1) is 22.8. The molecule has 0 unspecified atom stereocenters. The Hall–Kier alpha value is -5.70. The van der Waals surface area contributed by atoms with Crippen molar-refractivity contribution in [2.24, 2.45) is 0 Å². The van der Waals surface area contributed by atoms with E-state index in [1.807, 2.05) is 11.3 Å². The van der Waals surface area contributed by atoms with Crippen LogP contribution in [0.2, 0.25) is 0 Å². The second kappa shape index (κ2) is 8.94. The van der Waals surface area contributed by atoms with Crippen LogP contribution in [-0.4, -0.2) is 4.57 Å². The molecule has 0 aliphatic heterocycles. The highest BCUT2D eigenvalue weighted by molar-refractivity contribution is 7.26. The largest absolute Gasteiger partial charge is 0.308 e. The van der Waals surface area contributed by atoms with Crippen LogP contribution in [0.25, 0.3) is 103 Å². The van der Waals surface area contributed by atoms with Gasteiger partial charge in [0.2, 0.25) is 0 Å².